The Kier molecular flexibility index (Phi) is 4.44. The van der Waals surface area contributed by atoms with Crippen molar-refractivity contribution in [3.05, 3.63) is 69.5 Å². The smallest absolute Gasteiger partial charge is 0.142 e. The third-order valence-electron chi connectivity index (χ3n) is 5.26. The summed E-state index contributed by atoms with van der Waals surface area (Å²) in [5, 5.41) is 8.72. The first kappa shape index (κ1) is 16.8. The molecule has 0 radical (unpaired) electrons. The number of hydrogen-bond acceptors (Lipinski definition) is 3. The Hall–Kier alpha value is -1.62. The second kappa shape index (κ2) is 6.60. The molecular formula is C19H17Cl2FN2O. The Labute approximate surface area is 155 Å². The zero-order valence-electron chi connectivity index (χ0n) is 13.4. The van der Waals surface area contributed by atoms with E-state index in [2.05, 4.69) is 10.5 Å². The van der Waals surface area contributed by atoms with E-state index in [-0.39, 0.29) is 11.2 Å². The van der Waals surface area contributed by atoms with Crippen LogP contribution >= 0.6 is 23.2 Å². The molecule has 3 nitrogen and oxygen atoms in total. The van der Waals surface area contributed by atoms with Gasteiger partial charge in [0.1, 0.15) is 12.4 Å². The van der Waals surface area contributed by atoms with Gasteiger partial charge in [-0.15, -0.1) is 0 Å². The maximum absolute atomic E-state index is 12.9. The minimum absolute atomic E-state index is 0.0248. The predicted molar refractivity (Wildman–Crippen MR) is 97.7 cm³/mol. The first-order chi connectivity index (χ1) is 12.1. The summed E-state index contributed by atoms with van der Waals surface area (Å²) >= 11 is 12.2. The van der Waals surface area contributed by atoms with Gasteiger partial charge in [0.05, 0.1) is 10.0 Å². The number of nitrogens with one attached hydrogen (secondary N) is 1. The molecule has 2 aliphatic rings. The first-order valence-corrected chi connectivity index (χ1v) is 8.93. The minimum atomic E-state index is -0.255. The van der Waals surface area contributed by atoms with Crippen molar-refractivity contribution in [1.29, 1.82) is 0 Å². The molecule has 0 aromatic heterocycles. The average Bonchev–Trinajstić information content (AvgIpc) is 2.99. The zero-order valence-corrected chi connectivity index (χ0v) is 14.9. The third-order valence-corrected chi connectivity index (χ3v) is 6.00. The summed E-state index contributed by atoms with van der Waals surface area (Å²) in [6, 6.07) is 12.1. The van der Waals surface area contributed by atoms with Gasteiger partial charge in [-0.3, -0.25) is 0 Å². The van der Waals surface area contributed by atoms with Crippen LogP contribution in [0.3, 0.4) is 0 Å². The molecule has 0 amide bonds. The highest BCUT2D eigenvalue weighted by molar-refractivity contribution is 6.42. The normalized spacial score (nSPS) is 27.5. The van der Waals surface area contributed by atoms with Crippen LogP contribution in [0, 0.1) is 17.7 Å². The molecule has 4 rings (SSSR count). The molecule has 6 heteroatoms. The van der Waals surface area contributed by atoms with E-state index >= 15 is 0 Å². The van der Waals surface area contributed by atoms with Crippen LogP contribution in [-0.2, 0) is 16.9 Å². The fraction of sp³-hybridized carbons (Fsp3) is 0.316. The molecule has 1 aliphatic carbocycles. The lowest BCUT2D eigenvalue weighted by molar-refractivity contribution is 0.131. The number of fused-ring (bicyclic) bond motifs is 1. The van der Waals surface area contributed by atoms with Gasteiger partial charge in [0, 0.05) is 24.1 Å². The molecule has 1 heterocycles. The molecule has 0 spiro atoms. The number of hydrogen-bond donors (Lipinski definition) is 1. The summed E-state index contributed by atoms with van der Waals surface area (Å²) in [6.45, 7) is 2.17. The fourth-order valence-electron chi connectivity index (χ4n) is 3.88. The van der Waals surface area contributed by atoms with E-state index in [4.69, 9.17) is 28.0 Å². The Balaban J connectivity index is 1.42. The quantitative estimate of drug-likeness (QED) is 0.616. The van der Waals surface area contributed by atoms with Gasteiger partial charge in [-0.25, -0.2) is 4.39 Å². The number of oxime groups is 1. The van der Waals surface area contributed by atoms with E-state index in [1.165, 1.54) is 17.7 Å². The molecule has 130 valence electrons. The lowest BCUT2D eigenvalue weighted by Crippen LogP contribution is -2.24. The van der Waals surface area contributed by atoms with Crippen LogP contribution in [0.15, 0.2) is 47.6 Å². The van der Waals surface area contributed by atoms with Gasteiger partial charge in [-0.05, 0) is 47.9 Å². The summed E-state index contributed by atoms with van der Waals surface area (Å²) in [6.07, 6.45) is 1.89. The Bertz CT molecular complexity index is 812. The SMILES string of the molecule is Fc1ccc(CO/N=C/C2C3CNCC23c2ccc(Cl)c(Cl)c2)cc1. The summed E-state index contributed by atoms with van der Waals surface area (Å²) in [5.41, 5.74) is 2.10. The second-order valence-corrected chi connectivity index (χ2v) is 7.40. The van der Waals surface area contributed by atoms with Crippen LogP contribution < -0.4 is 5.32 Å². The van der Waals surface area contributed by atoms with E-state index in [1.54, 1.807) is 12.1 Å². The van der Waals surface area contributed by atoms with Gasteiger partial charge in [-0.2, -0.15) is 0 Å². The van der Waals surface area contributed by atoms with E-state index in [9.17, 15) is 4.39 Å². The highest BCUT2D eigenvalue weighted by Crippen LogP contribution is 2.61. The van der Waals surface area contributed by atoms with E-state index < -0.39 is 0 Å². The minimum Gasteiger partial charge on any atom is -0.391 e. The highest BCUT2D eigenvalue weighted by Gasteiger charge is 2.67. The number of halogens is 3. The molecular weight excluding hydrogens is 362 g/mol. The topological polar surface area (TPSA) is 33.6 Å². The molecule has 1 saturated heterocycles. The van der Waals surface area contributed by atoms with Crippen molar-refractivity contribution in [1.82, 2.24) is 5.32 Å². The molecule has 1 saturated carbocycles. The van der Waals surface area contributed by atoms with Gasteiger partial charge in [-0.1, -0.05) is 46.6 Å². The van der Waals surface area contributed by atoms with Crippen molar-refractivity contribution < 1.29 is 9.23 Å². The van der Waals surface area contributed by atoms with E-state index in [0.717, 1.165) is 18.7 Å². The summed E-state index contributed by atoms with van der Waals surface area (Å²) in [4.78, 5) is 5.38. The number of benzene rings is 2. The van der Waals surface area contributed by atoms with Crippen LogP contribution in [-0.4, -0.2) is 19.3 Å². The van der Waals surface area contributed by atoms with Gasteiger partial charge in [0.25, 0.3) is 0 Å². The van der Waals surface area contributed by atoms with Crippen molar-refractivity contribution in [3.63, 3.8) is 0 Å². The van der Waals surface area contributed by atoms with Gasteiger partial charge < -0.3 is 10.2 Å². The van der Waals surface area contributed by atoms with E-state index in [1.807, 2.05) is 24.4 Å². The predicted octanol–water partition coefficient (Wildman–Crippen LogP) is 4.42. The molecule has 2 aromatic rings. The van der Waals surface area contributed by atoms with Gasteiger partial charge in [0.15, 0.2) is 0 Å². The summed E-state index contributed by atoms with van der Waals surface area (Å²) in [5.74, 6) is 0.552. The molecule has 25 heavy (non-hydrogen) atoms. The molecule has 1 aliphatic heterocycles. The molecule has 2 fully saturated rings. The number of nitrogens with zero attached hydrogens (tertiary/aromatic N) is 1. The zero-order chi connectivity index (χ0) is 17.4. The molecule has 3 atom stereocenters. The fourth-order valence-corrected chi connectivity index (χ4v) is 4.17. The lowest BCUT2D eigenvalue weighted by Gasteiger charge is -2.15. The van der Waals surface area contributed by atoms with Gasteiger partial charge >= 0.3 is 0 Å². The maximum atomic E-state index is 12.9. The summed E-state index contributed by atoms with van der Waals surface area (Å²) < 4.78 is 12.9. The van der Waals surface area contributed by atoms with Crippen molar-refractivity contribution in [2.45, 2.75) is 12.0 Å². The highest BCUT2D eigenvalue weighted by atomic mass is 35.5. The monoisotopic (exact) mass is 378 g/mol. The average molecular weight is 379 g/mol. The van der Waals surface area contributed by atoms with Crippen LogP contribution in [0.25, 0.3) is 0 Å². The molecule has 1 N–H and O–H groups in total. The molecule has 3 unspecified atom stereocenters. The van der Waals surface area contributed by atoms with Crippen LogP contribution in [0.2, 0.25) is 10.0 Å². The van der Waals surface area contributed by atoms with Crippen molar-refractivity contribution in [2.24, 2.45) is 17.0 Å². The van der Waals surface area contributed by atoms with Crippen LogP contribution in [0.1, 0.15) is 11.1 Å². The second-order valence-electron chi connectivity index (χ2n) is 6.59. The Morgan fingerprint density at radius 3 is 2.76 bits per heavy atom. The van der Waals surface area contributed by atoms with E-state index in [0.29, 0.717) is 28.5 Å². The van der Waals surface area contributed by atoms with Crippen molar-refractivity contribution in [3.8, 4) is 0 Å². The lowest BCUT2D eigenvalue weighted by atomic mass is 9.93. The summed E-state index contributed by atoms with van der Waals surface area (Å²) in [7, 11) is 0. The van der Waals surface area contributed by atoms with Gasteiger partial charge in [0.2, 0.25) is 0 Å². The van der Waals surface area contributed by atoms with Crippen molar-refractivity contribution >= 4 is 29.4 Å². The largest absolute Gasteiger partial charge is 0.391 e. The van der Waals surface area contributed by atoms with Crippen LogP contribution in [0.5, 0.6) is 0 Å². The Morgan fingerprint density at radius 2 is 2.00 bits per heavy atom. The standard InChI is InChI=1S/C19H17Cl2FN2O/c20-17-6-3-13(7-18(17)21)19-11-23-8-15(19)16(19)9-24-25-10-12-1-4-14(22)5-2-12/h1-7,9,15-16,23H,8,10-11H2/b24-9+. The van der Waals surface area contributed by atoms with Crippen LogP contribution in [0.4, 0.5) is 4.39 Å². The van der Waals surface area contributed by atoms with Crippen molar-refractivity contribution in [2.75, 3.05) is 13.1 Å². The molecule has 0 bridgehead atoms. The Morgan fingerprint density at radius 1 is 1.20 bits per heavy atom. The number of rotatable bonds is 5. The first-order valence-electron chi connectivity index (χ1n) is 8.17. The molecule has 2 aromatic carbocycles. The number of piperidine rings is 1. The maximum Gasteiger partial charge on any atom is 0.142 e. The third kappa shape index (κ3) is 3.03.